The van der Waals surface area contributed by atoms with Gasteiger partial charge in [0, 0.05) is 131 Å². The predicted molar refractivity (Wildman–Crippen MR) is 118 cm³/mol. The van der Waals surface area contributed by atoms with E-state index in [1.165, 1.54) is 0 Å². The van der Waals surface area contributed by atoms with E-state index in [0.29, 0.717) is 22.7 Å². The van der Waals surface area contributed by atoms with Gasteiger partial charge in [-0.2, -0.15) is 11.8 Å². The molecule has 6 heteroatoms. The molecule has 0 heterocycles. The summed E-state index contributed by atoms with van der Waals surface area (Å²) < 4.78 is 0. The standard InChI is InChI=1S/C8H10O.C7H10O.2C5H12.4Y/c1-2-7-4-3-5-8(7)6-9;1-6-3-2-4-7(6)5-8;2*1-5(2,3)4;;;;/h1-2,7-8H,3-5H2;6-7H,1-4H2;2*1-4H3;;;;/q2*-2;;;;;;. The van der Waals surface area contributed by atoms with Gasteiger partial charge in [-0.05, 0) is 10.8 Å². The van der Waals surface area contributed by atoms with Crippen LogP contribution >= 0.6 is 0 Å². The van der Waals surface area contributed by atoms with Crippen molar-refractivity contribution in [1.82, 2.24) is 0 Å². The van der Waals surface area contributed by atoms with Crippen molar-refractivity contribution in [3.8, 4) is 0 Å². The first-order valence-electron chi connectivity index (χ1n) is 10.4. The Morgan fingerprint density at radius 2 is 1.03 bits per heavy atom. The maximum absolute atomic E-state index is 10.2. The smallest absolute Gasteiger partial charge is 0 e. The molecule has 0 N–H and O–H groups in total. The van der Waals surface area contributed by atoms with Crippen LogP contribution in [0.3, 0.4) is 0 Å². The zero-order valence-electron chi connectivity index (χ0n) is 21.5. The Bertz CT molecular complexity index is 377. The van der Waals surface area contributed by atoms with E-state index in [-0.39, 0.29) is 143 Å². The van der Waals surface area contributed by atoms with Crippen LogP contribution < -0.4 is 0 Å². The molecule has 0 spiro atoms. The molecule has 0 aromatic carbocycles. The Morgan fingerprint density at radius 3 is 1.23 bits per heavy atom. The topological polar surface area (TPSA) is 34.1 Å². The minimum atomic E-state index is 0. The average molecular weight is 732 g/mol. The molecular formula is C25H44O2Y4-4. The zero-order chi connectivity index (χ0) is 21.7. The normalized spacial score (nSPS) is 23.5. The SMILES string of the molecule is CC(C)(C)C.CC(C)(C)C.[CH-]=CC1CCCC1[C-]=O.[CH2-]C1CCCC1[C-]=O.[Y].[Y].[Y].[Y]. The molecule has 0 saturated heterocycles. The average Bonchev–Trinajstić information content (AvgIpc) is 3.11. The summed E-state index contributed by atoms with van der Waals surface area (Å²) in [5.41, 5.74) is 1.00. The van der Waals surface area contributed by atoms with Crippen molar-refractivity contribution in [2.24, 2.45) is 34.5 Å². The summed E-state index contributed by atoms with van der Waals surface area (Å²) in [6, 6.07) is 0. The van der Waals surface area contributed by atoms with Crippen molar-refractivity contribution < 1.29 is 140 Å². The molecule has 0 aromatic heterocycles. The molecule has 0 bridgehead atoms. The van der Waals surface area contributed by atoms with E-state index in [1.807, 2.05) is 12.6 Å². The number of hydrogen-bond acceptors (Lipinski definition) is 2. The van der Waals surface area contributed by atoms with E-state index in [2.05, 4.69) is 62.3 Å². The van der Waals surface area contributed by atoms with Crippen molar-refractivity contribution in [2.45, 2.75) is 93.9 Å². The first kappa shape index (κ1) is 47.7. The van der Waals surface area contributed by atoms with E-state index >= 15 is 0 Å². The summed E-state index contributed by atoms with van der Waals surface area (Å²) in [5, 5.41) is 0. The van der Waals surface area contributed by atoms with E-state index in [1.54, 1.807) is 6.08 Å². The third-order valence-corrected chi connectivity index (χ3v) is 3.78. The maximum Gasteiger partial charge on any atom is 0 e. The first-order valence-corrected chi connectivity index (χ1v) is 10.4. The van der Waals surface area contributed by atoms with E-state index in [4.69, 9.17) is 6.58 Å². The van der Waals surface area contributed by atoms with Gasteiger partial charge in [0.1, 0.15) is 0 Å². The third-order valence-electron chi connectivity index (χ3n) is 3.78. The van der Waals surface area contributed by atoms with E-state index < -0.39 is 0 Å². The molecule has 4 unspecified atom stereocenters. The maximum atomic E-state index is 10.2. The summed E-state index contributed by atoms with van der Waals surface area (Å²) in [6.45, 7) is 26.6. The third kappa shape index (κ3) is 38.2. The van der Waals surface area contributed by atoms with Gasteiger partial charge in [0.05, 0.1) is 0 Å². The number of allylic oxidation sites excluding steroid dienone is 1. The summed E-state index contributed by atoms with van der Waals surface area (Å²) >= 11 is 0. The van der Waals surface area contributed by atoms with Gasteiger partial charge in [-0.25, -0.2) is 0 Å². The quantitative estimate of drug-likeness (QED) is 0.295. The minimum Gasteiger partial charge on any atom is -0.542 e. The summed E-state index contributed by atoms with van der Waals surface area (Å²) in [6.07, 6.45) is 12.1. The summed E-state index contributed by atoms with van der Waals surface area (Å²) in [7, 11) is 0. The number of rotatable bonds is 3. The van der Waals surface area contributed by atoms with Gasteiger partial charge < -0.3 is 23.1 Å². The first-order chi connectivity index (χ1) is 12.2. The second kappa shape index (κ2) is 26.6. The largest absolute Gasteiger partial charge is 0.542 e. The monoisotopic (exact) mass is 732 g/mol. The Balaban J connectivity index is -0.0000000665. The van der Waals surface area contributed by atoms with Crippen molar-refractivity contribution in [3.05, 3.63) is 19.6 Å². The van der Waals surface area contributed by atoms with E-state index in [0.717, 1.165) is 38.5 Å². The van der Waals surface area contributed by atoms with Gasteiger partial charge in [0.2, 0.25) is 0 Å². The summed E-state index contributed by atoms with van der Waals surface area (Å²) in [5.74, 6) is 0.903. The van der Waals surface area contributed by atoms with Gasteiger partial charge in [0.15, 0.2) is 0 Å². The molecule has 31 heavy (non-hydrogen) atoms. The number of carbonyl (C=O) groups excluding carboxylic acids is 2. The van der Waals surface area contributed by atoms with Crippen molar-refractivity contribution in [1.29, 1.82) is 0 Å². The molecule has 172 valence electrons. The van der Waals surface area contributed by atoms with Crippen LogP contribution in [-0.4, -0.2) is 12.6 Å². The van der Waals surface area contributed by atoms with Crippen LogP contribution in [0, 0.1) is 48.0 Å². The molecule has 0 aliphatic heterocycles. The fourth-order valence-electron chi connectivity index (χ4n) is 2.56. The molecular weight excluding hydrogens is 688 g/mol. The van der Waals surface area contributed by atoms with E-state index in [9.17, 15) is 9.59 Å². The molecule has 4 radical (unpaired) electrons. The Hall–Kier alpha value is 3.50. The van der Waals surface area contributed by atoms with Gasteiger partial charge in [-0.3, -0.25) is 18.6 Å². The minimum absolute atomic E-state index is 0. The number of hydrogen-bond donors (Lipinski definition) is 0. The van der Waals surface area contributed by atoms with Gasteiger partial charge >= 0.3 is 0 Å². The summed E-state index contributed by atoms with van der Waals surface area (Å²) in [4.78, 5) is 20.2. The van der Waals surface area contributed by atoms with Gasteiger partial charge in [-0.15, -0.1) is 5.92 Å². The van der Waals surface area contributed by atoms with Crippen LogP contribution in [0.5, 0.6) is 0 Å². The van der Waals surface area contributed by atoms with Crippen LogP contribution in [0.4, 0.5) is 0 Å². The van der Waals surface area contributed by atoms with Crippen LogP contribution in [0.25, 0.3) is 0 Å². The predicted octanol–water partition coefficient (Wildman–Crippen LogP) is 6.94. The van der Waals surface area contributed by atoms with Crippen LogP contribution in [0.15, 0.2) is 6.08 Å². The zero-order valence-corrected chi connectivity index (χ0v) is 32.9. The Morgan fingerprint density at radius 1 is 0.710 bits per heavy atom. The van der Waals surface area contributed by atoms with Crippen LogP contribution in [0.1, 0.15) is 93.9 Å². The van der Waals surface area contributed by atoms with Crippen molar-refractivity contribution in [2.75, 3.05) is 0 Å². The molecule has 2 rings (SSSR count). The van der Waals surface area contributed by atoms with Crippen molar-refractivity contribution >= 4 is 12.6 Å². The van der Waals surface area contributed by atoms with Gasteiger partial charge in [-0.1, -0.05) is 99.8 Å². The fraction of sp³-hybridized carbons (Fsp3) is 0.800. The molecule has 2 fully saturated rings. The molecule has 0 amide bonds. The van der Waals surface area contributed by atoms with Crippen LogP contribution in [-0.2, 0) is 140 Å². The van der Waals surface area contributed by atoms with Crippen molar-refractivity contribution in [3.63, 3.8) is 0 Å². The molecule has 2 aliphatic carbocycles. The Labute approximate surface area is 296 Å². The molecule has 2 saturated carbocycles. The second-order valence-electron chi connectivity index (χ2n) is 10.9. The second-order valence-corrected chi connectivity index (χ2v) is 10.9. The molecule has 2 aliphatic rings. The fourth-order valence-corrected chi connectivity index (χ4v) is 2.56. The van der Waals surface area contributed by atoms with Gasteiger partial charge in [0.25, 0.3) is 0 Å². The Kier molecular flexibility index (Phi) is 40.8. The van der Waals surface area contributed by atoms with Crippen LogP contribution in [0.2, 0.25) is 0 Å². The molecule has 0 aromatic rings. The molecule has 4 atom stereocenters. The molecule has 2 nitrogen and oxygen atoms in total.